The van der Waals surface area contributed by atoms with Gasteiger partial charge in [-0.05, 0) is 24.6 Å². The minimum absolute atomic E-state index is 0.00447. The van der Waals surface area contributed by atoms with Crippen LogP contribution in [0.25, 0.3) is 0 Å². The monoisotopic (exact) mass is 350 g/mol. The molecule has 132 valence electrons. The summed E-state index contributed by atoms with van der Waals surface area (Å²) in [7, 11) is 0. The number of nitro benzene ring substituents is 1. The van der Waals surface area contributed by atoms with Gasteiger partial charge in [-0.25, -0.2) is 0 Å². The fourth-order valence-corrected chi connectivity index (χ4v) is 3.53. The van der Waals surface area contributed by atoms with E-state index in [2.05, 4.69) is 5.10 Å². The van der Waals surface area contributed by atoms with E-state index in [1.807, 2.05) is 42.2 Å². The predicted octanol–water partition coefficient (Wildman–Crippen LogP) is 2.99. The Morgan fingerprint density at radius 2 is 1.81 bits per heavy atom. The van der Waals surface area contributed by atoms with Crippen LogP contribution in [0.15, 0.2) is 59.7 Å². The molecule has 0 spiro atoms. The maximum Gasteiger partial charge on any atom is 0.271 e. The van der Waals surface area contributed by atoms with E-state index in [1.165, 1.54) is 12.1 Å². The van der Waals surface area contributed by atoms with Gasteiger partial charge >= 0.3 is 0 Å². The molecule has 2 aliphatic heterocycles. The number of carbonyl (C=O) groups is 1. The first kappa shape index (κ1) is 16.3. The van der Waals surface area contributed by atoms with Gasteiger partial charge in [0.2, 0.25) is 0 Å². The van der Waals surface area contributed by atoms with Crippen LogP contribution >= 0.6 is 0 Å². The van der Waals surface area contributed by atoms with Crippen LogP contribution in [0.4, 0.5) is 11.4 Å². The zero-order valence-corrected chi connectivity index (χ0v) is 14.3. The predicted molar refractivity (Wildman–Crippen MR) is 97.9 cm³/mol. The van der Waals surface area contributed by atoms with Crippen LogP contribution in [0, 0.1) is 16.0 Å². The van der Waals surface area contributed by atoms with Crippen molar-refractivity contribution in [2.24, 2.45) is 11.0 Å². The third-order valence-electron chi connectivity index (χ3n) is 5.01. The molecule has 2 aromatic rings. The van der Waals surface area contributed by atoms with Crippen LogP contribution in [0.5, 0.6) is 0 Å². The summed E-state index contributed by atoms with van der Waals surface area (Å²) < 4.78 is 0. The molecule has 0 aliphatic carbocycles. The van der Waals surface area contributed by atoms with E-state index in [4.69, 9.17) is 0 Å². The van der Waals surface area contributed by atoms with Gasteiger partial charge in [0.15, 0.2) is 0 Å². The zero-order chi connectivity index (χ0) is 18.3. The lowest BCUT2D eigenvalue weighted by atomic mass is 10.1. The smallest absolute Gasteiger partial charge is 0.271 e. The third kappa shape index (κ3) is 2.71. The van der Waals surface area contributed by atoms with Crippen molar-refractivity contribution < 1.29 is 9.72 Å². The molecule has 7 heteroatoms. The Bertz CT molecular complexity index is 879. The van der Waals surface area contributed by atoms with Crippen LogP contribution in [0.2, 0.25) is 0 Å². The first-order chi connectivity index (χ1) is 12.5. The summed E-state index contributed by atoms with van der Waals surface area (Å²) in [5.74, 6) is 0.0274. The summed E-state index contributed by atoms with van der Waals surface area (Å²) in [6.07, 6.45) is 0. The van der Waals surface area contributed by atoms with Gasteiger partial charge in [-0.2, -0.15) is 5.10 Å². The van der Waals surface area contributed by atoms with Gasteiger partial charge in [0, 0.05) is 24.6 Å². The first-order valence-electron chi connectivity index (χ1n) is 8.51. The van der Waals surface area contributed by atoms with E-state index >= 15 is 0 Å². The lowest BCUT2D eigenvalue weighted by Gasteiger charge is -2.26. The highest BCUT2D eigenvalue weighted by atomic mass is 16.6. The molecule has 2 heterocycles. The van der Waals surface area contributed by atoms with Crippen LogP contribution in [0.3, 0.4) is 0 Å². The fraction of sp³-hybridized carbons (Fsp3) is 0.263. The van der Waals surface area contributed by atoms with E-state index in [0.717, 1.165) is 11.3 Å². The van der Waals surface area contributed by atoms with Crippen molar-refractivity contribution in [3.63, 3.8) is 0 Å². The van der Waals surface area contributed by atoms with Crippen molar-refractivity contribution in [3.05, 3.63) is 70.3 Å². The van der Waals surface area contributed by atoms with E-state index in [0.29, 0.717) is 18.8 Å². The van der Waals surface area contributed by atoms with Gasteiger partial charge in [0.1, 0.15) is 5.71 Å². The number of nitrogens with zero attached hydrogens (tertiary/aromatic N) is 4. The van der Waals surface area contributed by atoms with Crippen molar-refractivity contribution in [2.75, 3.05) is 18.1 Å². The largest absolute Gasteiger partial charge is 0.330 e. The quantitative estimate of drug-likeness (QED) is 0.627. The number of nitro groups is 1. The Hall–Kier alpha value is -3.22. The van der Waals surface area contributed by atoms with Crippen molar-refractivity contribution in [1.82, 2.24) is 4.90 Å². The molecule has 0 N–H and O–H groups in total. The number of fused-ring (bicyclic) bond motifs is 1. The van der Waals surface area contributed by atoms with Crippen LogP contribution in [0.1, 0.15) is 18.5 Å². The molecule has 0 unspecified atom stereocenters. The molecular weight excluding hydrogens is 332 g/mol. The second-order valence-corrected chi connectivity index (χ2v) is 6.58. The molecule has 1 amide bonds. The molecule has 7 nitrogen and oxygen atoms in total. The lowest BCUT2D eigenvalue weighted by Crippen LogP contribution is -2.32. The fourth-order valence-electron chi connectivity index (χ4n) is 3.53. The number of likely N-dealkylation sites (tertiary alicyclic amines) is 1. The third-order valence-corrected chi connectivity index (χ3v) is 5.01. The Morgan fingerprint density at radius 1 is 1.12 bits per heavy atom. The molecule has 2 aromatic carbocycles. The molecule has 26 heavy (non-hydrogen) atoms. The molecule has 2 atom stereocenters. The van der Waals surface area contributed by atoms with Crippen molar-refractivity contribution in [1.29, 1.82) is 0 Å². The summed E-state index contributed by atoms with van der Waals surface area (Å²) in [4.78, 5) is 25.0. The standard InChI is InChI=1S/C19H18N4O3/c1-13(14-5-3-2-4-6-14)21-11-15-12-22(20-18(15)19(21)24)16-7-9-17(10-8-16)23(25)26/h2-10,13,15H,11-12H2,1H3/t13-,15+/m0/s1. The highest BCUT2D eigenvalue weighted by molar-refractivity contribution is 6.42. The summed E-state index contributed by atoms with van der Waals surface area (Å²) in [5.41, 5.74) is 2.48. The molecule has 4 rings (SSSR count). The molecule has 0 saturated carbocycles. The van der Waals surface area contributed by atoms with Crippen LogP contribution < -0.4 is 5.01 Å². The van der Waals surface area contributed by atoms with E-state index in [-0.39, 0.29) is 23.6 Å². The number of carbonyl (C=O) groups excluding carboxylic acids is 1. The Labute approximate surface area is 150 Å². The summed E-state index contributed by atoms with van der Waals surface area (Å²) in [6.45, 7) is 3.27. The number of amides is 1. The minimum atomic E-state index is -0.430. The molecule has 1 saturated heterocycles. The highest BCUT2D eigenvalue weighted by Crippen LogP contribution is 2.33. The van der Waals surface area contributed by atoms with Gasteiger partial charge in [-0.3, -0.25) is 19.9 Å². The summed E-state index contributed by atoms with van der Waals surface area (Å²) in [5, 5.41) is 17.0. The van der Waals surface area contributed by atoms with Gasteiger partial charge in [0.05, 0.1) is 23.2 Å². The second-order valence-electron chi connectivity index (χ2n) is 6.58. The van der Waals surface area contributed by atoms with Crippen molar-refractivity contribution in [2.45, 2.75) is 13.0 Å². The number of hydrazone groups is 1. The number of rotatable bonds is 4. The maximum atomic E-state index is 12.8. The second kappa shape index (κ2) is 6.25. The highest BCUT2D eigenvalue weighted by Gasteiger charge is 2.44. The molecule has 1 fully saturated rings. The van der Waals surface area contributed by atoms with Gasteiger partial charge in [0.25, 0.3) is 11.6 Å². The van der Waals surface area contributed by atoms with Gasteiger partial charge in [-0.1, -0.05) is 30.3 Å². The van der Waals surface area contributed by atoms with Gasteiger partial charge < -0.3 is 4.90 Å². The average molecular weight is 350 g/mol. The summed E-state index contributed by atoms with van der Waals surface area (Å²) in [6, 6.07) is 16.2. The van der Waals surface area contributed by atoms with Crippen LogP contribution in [-0.4, -0.2) is 34.5 Å². The summed E-state index contributed by atoms with van der Waals surface area (Å²) >= 11 is 0. The normalized spacial score (nSPS) is 20.1. The van der Waals surface area contributed by atoms with E-state index in [1.54, 1.807) is 17.1 Å². The van der Waals surface area contributed by atoms with E-state index < -0.39 is 4.92 Å². The lowest BCUT2D eigenvalue weighted by molar-refractivity contribution is -0.384. The number of anilines is 1. The molecule has 0 aromatic heterocycles. The number of hydrogen-bond donors (Lipinski definition) is 0. The minimum Gasteiger partial charge on any atom is -0.330 e. The average Bonchev–Trinajstić information content (AvgIpc) is 3.21. The van der Waals surface area contributed by atoms with Crippen LogP contribution in [-0.2, 0) is 4.79 Å². The Morgan fingerprint density at radius 3 is 2.42 bits per heavy atom. The zero-order valence-electron chi connectivity index (χ0n) is 14.3. The first-order valence-corrected chi connectivity index (χ1v) is 8.51. The molecule has 0 radical (unpaired) electrons. The van der Waals surface area contributed by atoms with Crippen molar-refractivity contribution in [3.8, 4) is 0 Å². The molecule has 0 bridgehead atoms. The number of benzene rings is 2. The molecular formula is C19H18N4O3. The maximum absolute atomic E-state index is 12.8. The SMILES string of the molecule is C[C@@H](c1ccccc1)N1C[C@@H]2CN(c3ccc([N+](=O)[O-])cc3)N=C2C1=O. The van der Waals surface area contributed by atoms with E-state index in [9.17, 15) is 14.9 Å². The number of hydrogen-bond acceptors (Lipinski definition) is 5. The Kier molecular flexibility index (Phi) is 3.91. The Balaban J connectivity index is 1.52. The topological polar surface area (TPSA) is 79.1 Å². The molecule has 2 aliphatic rings. The van der Waals surface area contributed by atoms with Gasteiger partial charge in [-0.15, -0.1) is 0 Å². The van der Waals surface area contributed by atoms with Crippen molar-refractivity contribution >= 4 is 23.0 Å². The number of non-ortho nitro benzene ring substituents is 1.